The summed E-state index contributed by atoms with van der Waals surface area (Å²) in [6.45, 7) is 10.8. The number of benzene rings is 1. The topological polar surface area (TPSA) is 58.0 Å². The summed E-state index contributed by atoms with van der Waals surface area (Å²) in [4.78, 5) is 23.1. The van der Waals surface area contributed by atoms with E-state index in [1.165, 1.54) is 18.4 Å². The third-order valence-corrected chi connectivity index (χ3v) is 6.71. The second-order valence-corrected chi connectivity index (χ2v) is 8.79. The normalized spacial score (nSPS) is 22.6. The van der Waals surface area contributed by atoms with Crippen LogP contribution in [-0.2, 0) is 0 Å². The highest BCUT2D eigenvalue weighted by Crippen LogP contribution is 2.43. The zero-order valence-corrected chi connectivity index (χ0v) is 18.7. The van der Waals surface area contributed by atoms with Crippen LogP contribution in [0.25, 0.3) is 11.0 Å². The molecule has 158 valence electrons. The number of hydrogen-bond acceptors (Lipinski definition) is 6. The van der Waals surface area contributed by atoms with Gasteiger partial charge in [-0.3, -0.25) is 14.9 Å². The lowest BCUT2D eigenvalue weighted by Gasteiger charge is -2.28. The lowest BCUT2D eigenvalue weighted by Crippen LogP contribution is -2.32. The average Bonchev–Trinajstić information content (AvgIpc) is 3.33. The van der Waals surface area contributed by atoms with Crippen LogP contribution in [-0.4, -0.2) is 51.0 Å². The molecule has 1 spiro atoms. The number of fused-ring (bicyclic) bond motifs is 1. The van der Waals surface area contributed by atoms with Crippen molar-refractivity contribution < 1.29 is 0 Å². The fourth-order valence-corrected chi connectivity index (χ4v) is 5.07. The number of likely N-dealkylation sites (tertiary alicyclic amines) is 1. The van der Waals surface area contributed by atoms with Crippen molar-refractivity contribution in [1.29, 1.82) is 0 Å². The highest BCUT2D eigenvalue weighted by atomic mass is 35.5. The maximum atomic E-state index is 4.69. The van der Waals surface area contributed by atoms with Crippen LogP contribution in [0.3, 0.4) is 0 Å². The van der Waals surface area contributed by atoms with Gasteiger partial charge in [0.1, 0.15) is 11.6 Å². The Morgan fingerprint density at radius 2 is 1.70 bits per heavy atom. The van der Waals surface area contributed by atoms with Crippen LogP contribution >= 0.6 is 12.4 Å². The second kappa shape index (κ2) is 8.08. The van der Waals surface area contributed by atoms with Gasteiger partial charge in [0.05, 0.1) is 11.0 Å². The summed E-state index contributed by atoms with van der Waals surface area (Å²) in [6, 6.07) is 9.01. The Morgan fingerprint density at radius 3 is 2.50 bits per heavy atom. The lowest BCUT2D eigenvalue weighted by atomic mass is 9.86. The molecule has 2 fully saturated rings. The molecule has 4 heterocycles. The second-order valence-electron chi connectivity index (χ2n) is 8.79. The van der Waals surface area contributed by atoms with Gasteiger partial charge in [-0.2, -0.15) is 0 Å². The number of aromatic nitrogens is 4. The van der Waals surface area contributed by atoms with Crippen molar-refractivity contribution in [1.82, 2.24) is 24.8 Å². The number of aryl methyl sites for hydroxylation is 2. The maximum absolute atomic E-state index is 4.69. The van der Waals surface area contributed by atoms with Gasteiger partial charge >= 0.3 is 0 Å². The molecule has 2 aromatic heterocycles. The smallest absolute Gasteiger partial charge is 0.132 e. The summed E-state index contributed by atoms with van der Waals surface area (Å²) in [5.74, 6) is 1.95. The van der Waals surface area contributed by atoms with Crippen molar-refractivity contribution >= 4 is 29.3 Å². The van der Waals surface area contributed by atoms with Crippen LogP contribution in [0.15, 0.2) is 36.7 Å². The number of rotatable bonds is 3. The van der Waals surface area contributed by atoms with Gasteiger partial charge in [-0.15, -0.1) is 12.4 Å². The zero-order valence-electron chi connectivity index (χ0n) is 17.9. The van der Waals surface area contributed by atoms with Crippen molar-refractivity contribution in [3.8, 4) is 0 Å². The predicted octanol–water partition coefficient (Wildman–Crippen LogP) is 4.12. The molecule has 0 bridgehead atoms. The molecule has 0 radical (unpaired) electrons. The third-order valence-electron chi connectivity index (χ3n) is 6.71. The summed E-state index contributed by atoms with van der Waals surface area (Å²) in [5.41, 5.74) is 4.69. The molecule has 0 amide bonds. The molecule has 1 aromatic carbocycles. The fraction of sp³-hybridized carbons (Fsp3) is 0.478. The summed E-state index contributed by atoms with van der Waals surface area (Å²) >= 11 is 0. The number of hydrogen-bond donors (Lipinski definition) is 0. The lowest BCUT2D eigenvalue weighted by molar-refractivity contribution is 0.225. The van der Waals surface area contributed by atoms with E-state index in [0.29, 0.717) is 11.5 Å². The molecule has 2 unspecified atom stereocenters. The number of anilines is 1. The maximum Gasteiger partial charge on any atom is 0.132 e. The quantitative estimate of drug-likeness (QED) is 0.630. The van der Waals surface area contributed by atoms with E-state index >= 15 is 0 Å². The average molecular weight is 425 g/mol. The zero-order chi connectivity index (χ0) is 20.0. The van der Waals surface area contributed by atoms with E-state index in [4.69, 9.17) is 0 Å². The van der Waals surface area contributed by atoms with Crippen molar-refractivity contribution in [3.05, 3.63) is 53.7 Å². The van der Waals surface area contributed by atoms with Gasteiger partial charge < -0.3 is 4.90 Å². The van der Waals surface area contributed by atoms with E-state index in [-0.39, 0.29) is 12.4 Å². The van der Waals surface area contributed by atoms with E-state index in [2.05, 4.69) is 67.8 Å². The van der Waals surface area contributed by atoms with Gasteiger partial charge in [0.25, 0.3) is 0 Å². The van der Waals surface area contributed by atoms with Crippen LogP contribution in [0, 0.1) is 19.3 Å². The van der Waals surface area contributed by atoms with E-state index in [0.717, 1.165) is 54.5 Å². The Morgan fingerprint density at radius 1 is 0.933 bits per heavy atom. The van der Waals surface area contributed by atoms with Crippen molar-refractivity contribution in [2.24, 2.45) is 5.41 Å². The Labute approximate surface area is 184 Å². The Bertz CT molecular complexity index is 1040. The summed E-state index contributed by atoms with van der Waals surface area (Å²) in [5, 5.41) is 0. The highest BCUT2D eigenvalue weighted by molar-refractivity contribution is 5.85. The summed E-state index contributed by atoms with van der Waals surface area (Å²) < 4.78 is 0. The largest absolute Gasteiger partial charge is 0.356 e. The minimum atomic E-state index is 0. The van der Waals surface area contributed by atoms with E-state index < -0.39 is 0 Å². The summed E-state index contributed by atoms with van der Waals surface area (Å²) in [6.07, 6.45) is 6.01. The number of nitrogens with zero attached hydrogens (tertiary/aromatic N) is 6. The van der Waals surface area contributed by atoms with Crippen molar-refractivity contribution in [2.75, 3.05) is 31.1 Å². The summed E-state index contributed by atoms with van der Waals surface area (Å²) in [7, 11) is 0. The molecule has 7 heteroatoms. The minimum absolute atomic E-state index is 0. The molecule has 2 aliphatic heterocycles. The Hall–Kier alpha value is -2.31. The third kappa shape index (κ3) is 3.86. The molecule has 0 N–H and O–H groups in total. The van der Waals surface area contributed by atoms with Crippen LogP contribution < -0.4 is 4.90 Å². The van der Waals surface area contributed by atoms with Crippen LogP contribution in [0.4, 0.5) is 5.82 Å². The first-order valence-electron chi connectivity index (χ1n) is 10.5. The molecule has 0 saturated carbocycles. The molecule has 30 heavy (non-hydrogen) atoms. The monoisotopic (exact) mass is 424 g/mol. The van der Waals surface area contributed by atoms with Crippen LogP contribution in [0.1, 0.15) is 42.9 Å². The van der Waals surface area contributed by atoms with E-state index in [1.54, 1.807) is 12.4 Å². The van der Waals surface area contributed by atoms with Gasteiger partial charge in [0.15, 0.2) is 0 Å². The number of halogens is 1. The van der Waals surface area contributed by atoms with E-state index in [9.17, 15) is 0 Å². The minimum Gasteiger partial charge on any atom is -0.356 e. The molecule has 2 aliphatic rings. The molecule has 5 rings (SSSR count). The molecule has 6 nitrogen and oxygen atoms in total. The molecular formula is C23H29ClN6. The van der Waals surface area contributed by atoms with Crippen molar-refractivity contribution in [3.63, 3.8) is 0 Å². The molecule has 2 saturated heterocycles. The molecule has 3 aromatic rings. The molecular weight excluding hydrogens is 396 g/mol. The first-order chi connectivity index (χ1) is 14.0. The molecule has 2 atom stereocenters. The fourth-order valence-electron chi connectivity index (χ4n) is 5.07. The molecule has 0 aliphatic carbocycles. The van der Waals surface area contributed by atoms with Gasteiger partial charge in [-0.25, -0.2) is 9.97 Å². The SMILES string of the molecule is Cc1cc(N2CCC3(CCN(C(C)c4ccc5nccnc5c4)C3)C2)nc(C)n1.Cl. The van der Waals surface area contributed by atoms with Crippen LogP contribution in [0.2, 0.25) is 0 Å². The first kappa shape index (κ1) is 20.9. The van der Waals surface area contributed by atoms with Crippen LogP contribution in [0.5, 0.6) is 0 Å². The first-order valence-corrected chi connectivity index (χ1v) is 10.5. The standard InChI is InChI=1S/C23H28N6.ClH/c1-16-12-22(27-18(3)26-16)29-11-7-23(15-29)6-10-28(14-23)17(2)19-4-5-20-21(13-19)25-9-8-24-20;/h4-5,8-9,12-13,17H,6-7,10-11,14-15H2,1-3H3;1H. The van der Waals surface area contributed by atoms with Gasteiger partial charge in [0, 0.05) is 55.2 Å². The highest BCUT2D eigenvalue weighted by Gasteiger charge is 2.44. The Kier molecular flexibility index (Phi) is 5.64. The van der Waals surface area contributed by atoms with Gasteiger partial charge in [-0.05, 0) is 57.9 Å². The van der Waals surface area contributed by atoms with Gasteiger partial charge in [-0.1, -0.05) is 6.07 Å². The van der Waals surface area contributed by atoms with E-state index in [1.807, 2.05) is 6.92 Å². The predicted molar refractivity (Wildman–Crippen MR) is 122 cm³/mol. The Balaban J connectivity index is 0.00000218. The van der Waals surface area contributed by atoms with Gasteiger partial charge in [0.2, 0.25) is 0 Å². The van der Waals surface area contributed by atoms with Crippen molar-refractivity contribution in [2.45, 2.75) is 39.7 Å².